The van der Waals surface area contributed by atoms with Crippen molar-refractivity contribution in [3.05, 3.63) is 82.2 Å². The topological polar surface area (TPSA) is 95.6 Å². The molecule has 3 heterocycles. The van der Waals surface area contributed by atoms with Gasteiger partial charge >= 0.3 is 0 Å². The molecule has 1 atom stereocenters. The van der Waals surface area contributed by atoms with Crippen LogP contribution in [0.4, 0.5) is 5.69 Å². The maximum absolute atomic E-state index is 12.6. The lowest BCUT2D eigenvalue weighted by atomic mass is 9.92. The Labute approximate surface area is 155 Å². The Morgan fingerprint density at radius 1 is 1.26 bits per heavy atom. The quantitative estimate of drug-likeness (QED) is 0.521. The van der Waals surface area contributed by atoms with Crippen molar-refractivity contribution in [3.8, 4) is 0 Å². The minimum atomic E-state index is -0.326. The Hall–Kier alpha value is -3.61. The molecule has 0 aliphatic rings. The van der Waals surface area contributed by atoms with Crippen molar-refractivity contribution >= 4 is 22.5 Å². The third kappa shape index (κ3) is 3.03. The Kier molecular flexibility index (Phi) is 4.12. The Morgan fingerprint density at radius 3 is 2.74 bits per heavy atom. The van der Waals surface area contributed by atoms with Gasteiger partial charge in [-0.15, -0.1) is 0 Å². The summed E-state index contributed by atoms with van der Waals surface area (Å²) in [6.07, 6.45) is 4.94. The largest absolute Gasteiger partial charge is 0.346 e. The van der Waals surface area contributed by atoms with Gasteiger partial charge in [0.1, 0.15) is 11.2 Å². The first-order chi connectivity index (χ1) is 13.0. The number of benzene rings is 1. The number of hydrogen-bond donors (Lipinski definition) is 3. The van der Waals surface area contributed by atoms with Gasteiger partial charge in [-0.25, -0.2) is 0 Å². The fraction of sp³-hybridized carbons (Fsp3) is 0.150. The average Bonchev–Trinajstić information content (AvgIpc) is 3.35. The molecule has 136 valence electrons. The van der Waals surface area contributed by atoms with Crippen molar-refractivity contribution in [1.29, 1.82) is 0 Å². The number of anilines is 1. The number of aryl methyl sites for hydroxylation is 1. The lowest BCUT2D eigenvalue weighted by Crippen LogP contribution is -2.18. The van der Waals surface area contributed by atoms with E-state index in [0.717, 1.165) is 16.5 Å². The predicted molar refractivity (Wildman–Crippen MR) is 104 cm³/mol. The summed E-state index contributed by atoms with van der Waals surface area (Å²) in [5, 5.41) is 9.95. The molecule has 27 heavy (non-hydrogen) atoms. The van der Waals surface area contributed by atoms with Gasteiger partial charge in [-0.05, 0) is 17.2 Å². The molecule has 0 aliphatic heterocycles. The van der Waals surface area contributed by atoms with Crippen LogP contribution >= 0.6 is 0 Å². The van der Waals surface area contributed by atoms with Crippen molar-refractivity contribution < 1.29 is 4.79 Å². The molecule has 1 amide bonds. The minimum absolute atomic E-state index is 0.0704. The number of H-pyrrole nitrogens is 2. The van der Waals surface area contributed by atoms with Crippen LogP contribution in [0.25, 0.3) is 10.9 Å². The number of nitrogens with one attached hydrogen (secondary N) is 3. The van der Waals surface area contributed by atoms with Crippen molar-refractivity contribution in [2.45, 2.75) is 12.8 Å². The number of aromatic amines is 2. The maximum Gasteiger partial charge on any atom is 0.274 e. The second kappa shape index (κ2) is 6.60. The second-order valence-electron chi connectivity index (χ2n) is 6.55. The number of fused-ring (bicyclic) bond motifs is 1. The molecule has 1 unspecified atom stereocenters. The van der Waals surface area contributed by atoms with Gasteiger partial charge in [0.2, 0.25) is 0 Å². The van der Waals surface area contributed by atoms with E-state index in [-0.39, 0.29) is 17.4 Å². The van der Waals surface area contributed by atoms with E-state index in [9.17, 15) is 9.59 Å². The van der Waals surface area contributed by atoms with E-state index in [1.165, 1.54) is 6.20 Å². The number of pyridine rings is 1. The van der Waals surface area contributed by atoms with Crippen molar-refractivity contribution in [3.63, 3.8) is 0 Å². The van der Waals surface area contributed by atoms with Crippen LogP contribution in [0.1, 0.15) is 34.5 Å². The molecule has 0 radical (unpaired) electrons. The first-order valence-corrected chi connectivity index (χ1v) is 8.62. The summed E-state index contributed by atoms with van der Waals surface area (Å²) in [5.74, 6) is -0.256. The minimum Gasteiger partial charge on any atom is -0.346 e. The van der Waals surface area contributed by atoms with Gasteiger partial charge in [0.15, 0.2) is 0 Å². The molecule has 7 nitrogen and oxygen atoms in total. The van der Waals surface area contributed by atoms with Crippen LogP contribution in [-0.4, -0.2) is 25.7 Å². The summed E-state index contributed by atoms with van der Waals surface area (Å²) < 4.78 is 1.55. The number of carbonyl (C=O) groups is 1. The summed E-state index contributed by atoms with van der Waals surface area (Å²) in [4.78, 5) is 28.1. The smallest absolute Gasteiger partial charge is 0.274 e. The number of amides is 1. The van der Waals surface area contributed by atoms with E-state index < -0.39 is 0 Å². The molecule has 0 saturated heterocycles. The highest BCUT2D eigenvalue weighted by Crippen LogP contribution is 2.29. The first-order valence-electron chi connectivity index (χ1n) is 8.62. The van der Waals surface area contributed by atoms with Crippen LogP contribution < -0.4 is 10.9 Å². The zero-order valence-electron chi connectivity index (χ0n) is 15.0. The number of carbonyl (C=O) groups excluding carboxylic acids is 1. The molecule has 4 aromatic rings. The van der Waals surface area contributed by atoms with Gasteiger partial charge in [-0.1, -0.05) is 37.3 Å². The van der Waals surface area contributed by atoms with E-state index in [1.54, 1.807) is 23.9 Å². The van der Waals surface area contributed by atoms with Gasteiger partial charge in [0.25, 0.3) is 11.5 Å². The van der Waals surface area contributed by atoms with Crippen molar-refractivity contribution in [1.82, 2.24) is 19.7 Å². The molecule has 0 aliphatic carbocycles. The zero-order valence-corrected chi connectivity index (χ0v) is 15.0. The summed E-state index contributed by atoms with van der Waals surface area (Å²) >= 11 is 0. The lowest BCUT2D eigenvalue weighted by molar-refractivity contribution is 0.102. The number of rotatable bonds is 4. The molecule has 4 rings (SSSR count). The van der Waals surface area contributed by atoms with Gasteiger partial charge in [0.05, 0.1) is 11.9 Å². The molecular formula is C20H19N5O2. The Morgan fingerprint density at radius 2 is 2.04 bits per heavy atom. The number of hydrogen-bond acceptors (Lipinski definition) is 3. The standard InChI is InChI=1S/C20H19N5O2/c1-12(13-6-4-3-5-7-13)16-11-25(2)20(27)18-15(16)8-17(24-18)19(26)23-14-9-21-22-10-14/h3-12,24H,1-2H3,(H,21,22)(H,23,26). The van der Waals surface area contributed by atoms with E-state index >= 15 is 0 Å². The van der Waals surface area contributed by atoms with E-state index in [2.05, 4.69) is 39.6 Å². The first kappa shape index (κ1) is 16.8. The predicted octanol–water partition coefficient (Wildman–Crippen LogP) is 2.99. The van der Waals surface area contributed by atoms with Gasteiger partial charge in [0, 0.05) is 30.7 Å². The number of aromatic nitrogens is 4. The second-order valence-corrected chi connectivity index (χ2v) is 6.55. The third-order valence-corrected chi connectivity index (χ3v) is 4.76. The van der Waals surface area contributed by atoms with Gasteiger partial charge < -0.3 is 14.9 Å². The number of nitrogens with zero attached hydrogens (tertiary/aromatic N) is 2. The highest BCUT2D eigenvalue weighted by Gasteiger charge is 2.19. The molecule has 3 aromatic heterocycles. The molecule has 7 heteroatoms. The lowest BCUT2D eigenvalue weighted by Gasteiger charge is -2.15. The molecule has 3 N–H and O–H groups in total. The Bertz CT molecular complexity index is 1160. The SMILES string of the molecule is CC(c1ccccc1)c1cn(C)c(=O)c2[nH]c(C(=O)Nc3cn[nH]c3)cc12. The molecule has 1 aromatic carbocycles. The summed E-state index contributed by atoms with van der Waals surface area (Å²) in [5.41, 5.74) is 3.27. The summed E-state index contributed by atoms with van der Waals surface area (Å²) in [6.45, 7) is 2.09. The van der Waals surface area contributed by atoms with E-state index in [4.69, 9.17) is 0 Å². The highest BCUT2D eigenvalue weighted by molar-refractivity contribution is 6.06. The van der Waals surface area contributed by atoms with Crippen molar-refractivity contribution in [2.75, 3.05) is 5.32 Å². The van der Waals surface area contributed by atoms with Crippen LogP contribution in [0.2, 0.25) is 0 Å². The average molecular weight is 361 g/mol. The molecule has 0 spiro atoms. The fourth-order valence-electron chi connectivity index (χ4n) is 3.27. The third-order valence-electron chi connectivity index (χ3n) is 4.76. The van der Waals surface area contributed by atoms with Crippen LogP contribution in [0.5, 0.6) is 0 Å². The van der Waals surface area contributed by atoms with Crippen LogP contribution in [-0.2, 0) is 7.05 Å². The monoisotopic (exact) mass is 361 g/mol. The fourth-order valence-corrected chi connectivity index (χ4v) is 3.27. The molecule has 0 bridgehead atoms. The summed E-state index contributed by atoms with van der Waals surface area (Å²) in [6, 6.07) is 11.8. The van der Waals surface area contributed by atoms with E-state index in [0.29, 0.717) is 16.9 Å². The van der Waals surface area contributed by atoms with Crippen molar-refractivity contribution in [2.24, 2.45) is 7.05 Å². The van der Waals surface area contributed by atoms with Gasteiger partial charge in [-0.3, -0.25) is 14.7 Å². The molecule has 0 saturated carbocycles. The van der Waals surface area contributed by atoms with Gasteiger partial charge in [-0.2, -0.15) is 5.10 Å². The van der Waals surface area contributed by atoms with E-state index in [1.807, 2.05) is 24.4 Å². The summed E-state index contributed by atoms with van der Waals surface area (Å²) in [7, 11) is 1.72. The normalized spacial score (nSPS) is 12.2. The van der Waals surface area contributed by atoms with Crippen LogP contribution in [0, 0.1) is 0 Å². The Balaban J connectivity index is 1.81. The molecule has 0 fully saturated rings. The van der Waals surface area contributed by atoms with Crippen LogP contribution in [0.15, 0.2) is 59.8 Å². The molecular weight excluding hydrogens is 342 g/mol. The highest BCUT2D eigenvalue weighted by atomic mass is 16.2. The van der Waals surface area contributed by atoms with Crippen LogP contribution in [0.3, 0.4) is 0 Å². The maximum atomic E-state index is 12.6. The zero-order chi connectivity index (χ0) is 19.0.